The van der Waals surface area contributed by atoms with Crippen molar-refractivity contribution >= 4 is 0 Å². The molecule has 0 bridgehead atoms. The first-order chi connectivity index (χ1) is 8.80. The molecule has 2 heterocycles. The lowest BCUT2D eigenvalue weighted by Gasteiger charge is -2.39. The fourth-order valence-electron chi connectivity index (χ4n) is 3.41. The van der Waals surface area contributed by atoms with Crippen molar-refractivity contribution in [1.29, 1.82) is 0 Å². The normalized spacial score (nSPS) is 37.2. The highest BCUT2D eigenvalue weighted by atomic mass is 16.6. The van der Waals surface area contributed by atoms with E-state index in [9.17, 15) is 0 Å². The van der Waals surface area contributed by atoms with E-state index in [-0.39, 0.29) is 11.7 Å². The van der Waals surface area contributed by atoms with E-state index in [1.165, 1.54) is 38.8 Å². The summed E-state index contributed by atoms with van der Waals surface area (Å²) in [6.45, 7) is 8.80. The van der Waals surface area contributed by atoms with Gasteiger partial charge in [-0.15, -0.1) is 6.58 Å². The summed E-state index contributed by atoms with van der Waals surface area (Å²) in [6.07, 6.45) is 8.55. The standard InChI is InChI=1S/C15H25NO2/c1-2-8-17-14-9-15(18-11-14)6-3-7-16(12-15)10-13-4-5-13/h2,13-14H,1,3-12H2/t14-,15+/m0/s1. The molecule has 2 atom stereocenters. The van der Waals surface area contributed by atoms with Gasteiger partial charge in [0, 0.05) is 19.5 Å². The second kappa shape index (κ2) is 5.32. The molecule has 0 aromatic rings. The quantitative estimate of drug-likeness (QED) is 0.699. The first kappa shape index (κ1) is 12.6. The summed E-state index contributed by atoms with van der Waals surface area (Å²) in [5.74, 6) is 0.981. The van der Waals surface area contributed by atoms with E-state index in [1.54, 1.807) is 0 Å². The monoisotopic (exact) mass is 251 g/mol. The average molecular weight is 251 g/mol. The maximum Gasteiger partial charge on any atom is 0.0841 e. The van der Waals surface area contributed by atoms with Crippen molar-refractivity contribution in [2.45, 2.75) is 43.8 Å². The molecule has 3 heteroatoms. The van der Waals surface area contributed by atoms with E-state index in [0.29, 0.717) is 6.61 Å². The molecule has 0 radical (unpaired) electrons. The summed E-state index contributed by atoms with van der Waals surface area (Å²) in [5, 5.41) is 0. The van der Waals surface area contributed by atoms with Gasteiger partial charge in [-0.1, -0.05) is 6.08 Å². The zero-order valence-corrected chi connectivity index (χ0v) is 11.3. The first-order valence-electron chi connectivity index (χ1n) is 7.38. The zero-order valence-electron chi connectivity index (χ0n) is 11.3. The highest BCUT2D eigenvalue weighted by Gasteiger charge is 2.44. The topological polar surface area (TPSA) is 21.7 Å². The molecular weight excluding hydrogens is 226 g/mol. The van der Waals surface area contributed by atoms with Crippen LogP contribution in [0.5, 0.6) is 0 Å². The largest absolute Gasteiger partial charge is 0.372 e. The lowest BCUT2D eigenvalue weighted by atomic mass is 9.89. The molecule has 0 N–H and O–H groups in total. The lowest BCUT2D eigenvalue weighted by Crippen LogP contribution is -2.48. The predicted octanol–water partition coefficient (Wildman–Crippen LogP) is 2.22. The number of hydrogen-bond acceptors (Lipinski definition) is 3. The van der Waals surface area contributed by atoms with Gasteiger partial charge in [0.05, 0.1) is 24.9 Å². The predicted molar refractivity (Wildman–Crippen MR) is 71.6 cm³/mol. The molecule has 102 valence electrons. The Bertz CT molecular complexity index is 303. The average Bonchev–Trinajstić information content (AvgIpc) is 3.10. The number of nitrogens with zero attached hydrogens (tertiary/aromatic N) is 1. The summed E-state index contributed by atoms with van der Waals surface area (Å²) in [4.78, 5) is 2.62. The molecule has 0 aromatic carbocycles. The zero-order chi connectivity index (χ0) is 12.4. The smallest absolute Gasteiger partial charge is 0.0841 e. The van der Waals surface area contributed by atoms with Crippen molar-refractivity contribution in [3.63, 3.8) is 0 Å². The maximum absolute atomic E-state index is 6.12. The maximum atomic E-state index is 6.12. The van der Waals surface area contributed by atoms with Crippen LogP contribution in [0.1, 0.15) is 32.1 Å². The van der Waals surface area contributed by atoms with Crippen LogP contribution >= 0.6 is 0 Å². The molecule has 0 amide bonds. The van der Waals surface area contributed by atoms with Crippen LogP contribution in [0.4, 0.5) is 0 Å². The number of hydrogen-bond donors (Lipinski definition) is 0. The highest BCUT2D eigenvalue weighted by Crippen LogP contribution is 2.37. The molecule has 2 aliphatic heterocycles. The summed E-state index contributed by atoms with van der Waals surface area (Å²) >= 11 is 0. The van der Waals surface area contributed by atoms with Crippen LogP contribution in [0.15, 0.2) is 12.7 Å². The molecule has 3 rings (SSSR count). The minimum Gasteiger partial charge on any atom is -0.372 e. The van der Waals surface area contributed by atoms with Gasteiger partial charge in [0.1, 0.15) is 0 Å². The summed E-state index contributed by atoms with van der Waals surface area (Å²) in [5.41, 5.74) is 0.0962. The number of rotatable bonds is 5. The van der Waals surface area contributed by atoms with E-state index in [0.717, 1.165) is 25.5 Å². The third kappa shape index (κ3) is 2.95. The fraction of sp³-hybridized carbons (Fsp3) is 0.867. The van der Waals surface area contributed by atoms with Crippen molar-refractivity contribution < 1.29 is 9.47 Å². The van der Waals surface area contributed by atoms with Gasteiger partial charge in [-0.25, -0.2) is 0 Å². The minimum atomic E-state index is 0.0962. The highest BCUT2D eigenvalue weighted by molar-refractivity contribution is 4.96. The Kier molecular flexibility index (Phi) is 3.73. The van der Waals surface area contributed by atoms with Gasteiger partial charge in [0.2, 0.25) is 0 Å². The second-order valence-electron chi connectivity index (χ2n) is 6.22. The van der Waals surface area contributed by atoms with Crippen molar-refractivity contribution in [2.24, 2.45) is 5.92 Å². The van der Waals surface area contributed by atoms with Gasteiger partial charge in [-0.2, -0.15) is 0 Å². The minimum absolute atomic E-state index is 0.0962. The molecule has 0 unspecified atom stereocenters. The molecule has 0 aromatic heterocycles. The molecule has 1 spiro atoms. The first-order valence-corrected chi connectivity index (χ1v) is 7.38. The lowest BCUT2D eigenvalue weighted by molar-refractivity contribution is -0.0533. The van der Waals surface area contributed by atoms with Crippen LogP contribution in [-0.2, 0) is 9.47 Å². The summed E-state index contributed by atoms with van der Waals surface area (Å²) in [7, 11) is 0. The Morgan fingerprint density at radius 1 is 1.44 bits per heavy atom. The fourth-order valence-corrected chi connectivity index (χ4v) is 3.41. The Labute approximate surface area is 110 Å². The van der Waals surface area contributed by atoms with E-state index in [1.807, 2.05) is 6.08 Å². The number of ether oxygens (including phenoxy) is 2. The van der Waals surface area contributed by atoms with Gasteiger partial charge >= 0.3 is 0 Å². The van der Waals surface area contributed by atoms with Gasteiger partial charge in [0.15, 0.2) is 0 Å². The molecule has 3 nitrogen and oxygen atoms in total. The van der Waals surface area contributed by atoms with Crippen LogP contribution in [0, 0.1) is 5.92 Å². The molecule has 1 saturated carbocycles. The van der Waals surface area contributed by atoms with E-state index >= 15 is 0 Å². The Balaban J connectivity index is 1.52. The van der Waals surface area contributed by atoms with Crippen LogP contribution in [0.25, 0.3) is 0 Å². The van der Waals surface area contributed by atoms with E-state index in [2.05, 4.69) is 11.5 Å². The Morgan fingerprint density at radius 2 is 2.33 bits per heavy atom. The van der Waals surface area contributed by atoms with Gasteiger partial charge in [0.25, 0.3) is 0 Å². The van der Waals surface area contributed by atoms with Crippen LogP contribution in [0.3, 0.4) is 0 Å². The Hall–Kier alpha value is -0.380. The van der Waals surface area contributed by atoms with Gasteiger partial charge < -0.3 is 14.4 Å². The van der Waals surface area contributed by atoms with E-state index in [4.69, 9.17) is 9.47 Å². The van der Waals surface area contributed by atoms with Gasteiger partial charge in [-0.3, -0.25) is 0 Å². The summed E-state index contributed by atoms with van der Waals surface area (Å²) in [6, 6.07) is 0. The van der Waals surface area contributed by atoms with Crippen molar-refractivity contribution in [1.82, 2.24) is 4.90 Å². The second-order valence-corrected chi connectivity index (χ2v) is 6.22. The number of likely N-dealkylation sites (tertiary alicyclic amines) is 1. The van der Waals surface area contributed by atoms with Crippen LogP contribution in [0.2, 0.25) is 0 Å². The SMILES string of the molecule is C=CCO[C@@H]1CO[C@]2(CCCN(CC3CC3)C2)C1. The third-order valence-corrected chi connectivity index (χ3v) is 4.46. The van der Waals surface area contributed by atoms with Crippen molar-refractivity contribution in [2.75, 3.05) is 32.8 Å². The van der Waals surface area contributed by atoms with E-state index < -0.39 is 0 Å². The van der Waals surface area contributed by atoms with Crippen LogP contribution in [-0.4, -0.2) is 49.5 Å². The molecule has 18 heavy (non-hydrogen) atoms. The number of piperidine rings is 1. The van der Waals surface area contributed by atoms with Crippen LogP contribution < -0.4 is 0 Å². The molecule has 1 aliphatic carbocycles. The van der Waals surface area contributed by atoms with Gasteiger partial charge in [-0.05, 0) is 38.1 Å². The third-order valence-electron chi connectivity index (χ3n) is 4.46. The molecule has 3 aliphatic rings. The molecule has 2 saturated heterocycles. The molecule has 3 fully saturated rings. The summed E-state index contributed by atoms with van der Waals surface area (Å²) < 4.78 is 11.9. The molecular formula is C15H25NO2. The Morgan fingerprint density at radius 3 is 3.11 bits per heavy atom. The van der Waals surface area contributed by atoms with Crippen molar-refractivity contribution in [3.05, 3.63) is 12.7 Å². The van der Waals surface area contributed by atoms with Crippen molar-refractivity contribution in [3.8, 4) is 0 Å².